The van der Waals surface area contributed by atoms with Gasteiger partial charge in [0, 0.05) is 25.4 Å². The van der Waals surface area contributed by atoms with Crippen molar-refractivity contribution in [1.82, 2.24) is 19.0 Å². The Morgan fingerprint density at radius 3 is 2.62 bits per heavy atom. The standard InChI is InChI=1S/C29H30N4O4/c1-4-28(34)31-16-6-7-22(19-31)33-26-14-15-30-18-27(26)32(29(33)35)21-10-12-23(13-11-21)37-25-9-5-8-24(17-25)36-20(2)3/h4-5,8-15,17-18,20,22H,1,6-7,16,19H2,2-3H3. The first kappa shape index (κ1) is 24.4. The number of piperidine rings is 1. The molecule has 0 radical (unpaired) electrons. The highest BCUT2D eigenvalue weighted by atomic mass is 16.5. The van der Waals surface area contributed by atoms with Crippen molar-refractivity contribution in [2.75, 3.05) is 13.1 Å². The molecule has 2 aromatic heterocycles. The molecule has 0 spiro atoms. The van der Waals surface area contributed by atoms with Crippen molar-refractivity contribution in [1.29, 1.82) is 0 Å². The third-order valence-electron chi connectivity index (χ3n) is 6.43. The second-order valence-electron chi connectivity index (χ2n) is 9.37. The number of ether oxygens (including phenoxy) is 2. The monoisotopic (exact) mass is 498 g/mol. The molecule has 0 bridgehead atoms. The van der Waals surface area contributed by atoms with Crippen LogP contribution in [0.5, 0.6) is 17.2 Å². The topological polar surface area (TPSA) is 78.6 Å². The minimum atomic E-state index is -0.159. The normalized spacial score (nSPS) is 15.6. The SMILES string of the molecule is C=CC(=O)N1CCCC(n2c(=O)n(-c3ccc(Oc4cccc(OC(C)C)c4)cc3)c3cnccc32)C1. The Labute approximate surface area is 215 Å². The van der Waals surface area contributed by atoms with Gasteiger partial charge in [-0.15, -0.1) is 0 Å². The van der Waals surface area contributed by atoms with Crippen molar-refractivity contribution in [2.45, 2.75) is 38.8 Å². The fourth-order valence-corrected chi connectivity index (χ4v) is 4.85. The molecule has 2 aromatic carbocycles. The predicted molar refractivity (Wildman–Crippen MR) is 143 cm³/mol. The van der Waals surface area contributed by atoms with E-state index in [0.29, 0.717) is 35.8 Å². The number of hydrogen-bond acceptors (Lipinski definition) is 5. The summed E-state index contributed by atoms with van der Waals surface area (Å²) in [6.07, 6.45) is 6.43. The summed E-state index contributed by atoms with van der Waals surface area (Å²) in [6, 6.07) is 16.6. The van der Waals surface area contributed by atoms with E-state index in [9.17, 15) is 9.59 Å². The number of carbonyl (C=O) groups is 1. The van der Waals surface area contributed by atoms with Gasteiger partial charge in [0.2, 0.25) is 5.91 Å². The molecule has 5 rings (SSSR count). The molecule has 1 unspecified atom stereocenters. The number of benzene rings is 2. The third-order valence-corrected chi connectivity index (χ3v) is 6.43. The number of carbonyl (C=O) groups excluding carboxylic acids is 1. The van der Waals surface area contributed by atoms with Crippen molar-refractivity contribution in [3.8, 4) is 22.9 Å². The van der Waals surface area contributed by atoms with Gasteiger partial charge in [-0.05, 0) is 75.2 Å². The van der Waals surface area contributed by atoms with Gasteiger partial charge in [-0.25, -0.2) is 4.79 Å². The molecule has 190 valence electrons. The number of hydrogen-bond donors (Lipinski definition) is 0. The van der Waals surface area contributed by atoms with Crippen molar-refractivity contribution < 1.29 is 14.3 Å². The van der Waals surface area contributed by atoms with E-state index in [1.54, 1.807) is 26.4 Å². The van der Waals surface area contributed by atoms with Crippen molar-refractivity contribution in [3.05, 3.63) is 90.1 Å². The maximum absolute atomic E-state index is 13.8. The minimum Gasteiger partial charge on any atom is -0.491 e. The Hall–Kier alpha value is -4.33. The molecule has 1 amide bonds. The third kappa shape index (κ3) is 5.00. The van der Waals surface area contributed by atoms with E-state index in [2.05, 4.69) is 11.6 Å². The summed E-state index contributed by atoms with van der Waals surface area (Å²) in [6.45, 7) is 8.70. The number of amides is 1. The van der Waals surface area contributed by atoms with E-state index in [-0.39, 0.29) is 23.7 Å². The molecule has 1 aliphatic rings. The minimum absolute atomic E-state index is 0.0728. The van der Waals surface area contributed by atoms with E-state index in [1.807, 2.05) is 68.4 Å². The molecule has 1 aliphatic heterocycles. The summed E-state index contributed by atoms with van der Waals surface area (Å²) in [5.74, 6) is 1.94. The van der Waals surface area contributed by atoms with Gasteiger partial charge in [-0.1, -0.05) is 12.6 Å². The van der Waals surface area contributed by atoms with Gasteiger partial charge in [0.05, 0.1) is 35.1 Å². The largest absolute Gasteiger partial charge is 0.491 e. The Morgan fingerprint density at radius 2 is 1.86 bits per heavy atom. The first-order valence-corrected chi connectivity index (χ1v) is 12.5. The first-order chi connectivity index (χ1) is 17.9. The van der Waals surface area contributed by atoms with Crippen LogP contribution in [0.3, 0.4) is 0 Å². The number of rotatable bonds is 7. The summed E-state index contributed by atoms with van der Waals surface area (Å²) in [5.41, 5.74) is 2.06. The van der Waals surface area contributed by atoms with Crippen molar-refractivity contribution in [2.24, 2.45) is 0 Å². The Bertz CT molecular complexity index is 1490. The van der Waals surface area contributed by atoms with Gasteiger partial charge >= 0.3 is 5.69 Å². The zero-order valence-electron chi connectivity index (χ0n) is 21.0. The highest BCUT2D eigenvalue weighted by molar-refractivity contribution is 5.87. The molecule has 8 heteroatoms. The molecular weight excluding hydrogens is 468 g/mol. The van der Waals surface area contributed by atoms with Crippen LogP contribution in [0.15, 0.2) is 84.4 Å². The van der Waals surface area contributed by atoms with Gasteiger partial charge in [-0.3, -0.25) is 18.9 Å². The van der Waals surface area contributed by atoms with E-state index >= 15 is 0 Å². The lowest BCUT2D eigenvalue weighted by Crippen LogP contribution is -2.42. The van der Waals surface area contributed by atoms with Crippen LogP contribution in [0.2, 0.25) is 0 Å². The Morgan fingerprint density at radius 1 is 1.08 bits per heavy atom. The maximum Gasteiger partial charge on any atom is 0.334 e. The van der Waals surface area contributed by atoms with E-state index in [4.69, 9.17) is 9.47 Å². The van der Waals surface area contributed by atoms with E-state index < -0.39 is 0 Å². The lowest BCUT2D eigenvalue weighted by Gasteiger charge is -2.32. The fraction of sp³-hybridized carbons (Fsp3) is 0.276. The predicted octanol–water partition coefficient (Wildman–Crippen LogP) is 5.12. The Balaban J connectivity index is 1.45. The quantitative estimate of drug-likeness (QED) is 0.331. The number of likely N-dealkylation sites (tertiary alicyclic amines) is 1. The smallest absolute Gasteiger partial charge is 0.334 e. The highest BCUT2D eigenvalue weighted by Crippen LogP contribution is 2.29. The molecule has 1 saturated heterocycles. The van der Waals surface area contributed by atoms with E-state index in [1.165, 1.54) is 6.08 Å². The lowest BCUT2D eigenvalue weighted by molar-refractivity contribution is -0.127. The maximum atomic E-state index is 13.8. The number of aromatic nitrogens is 3. The van der Waals surface area contributed by atoms with Crippen LogP contribution in [0, 0.1) is 0 Å². The van der Waals surface area contributed by atoms with Crippen LogP contribution >= 0.6 is 0 Å². The van der Waals surface area contributed by atoms with Crippen LogP contribution in [0.1, 0.15) is 32.7 Å². The summed E-state index contributed by atoms with van der Waals surface area (Å²) in [4.78, 5) is 32.0. The fourth-order valence-electron chi connectivity index (χ4n) is 4.85. The molecule has 37 heavy (non-hydrogen) atoms. The van der Waals surface area contributed by atoms with Crippen LogP contribution in [-0.4, -0.2) is 44.1 Å². The van der Waals surface area contributed by atoms with Gasteiger partial charge in [0.15, 0.2) is 0 Å². The lowest BCUT2D eigenvalue weighted by atomic mass is 10.1. The average molecular weight is 499 g/mol. The number of fused-ring (bicyclic) bond motifs is 1. The van der Waals surface area contributed by atoms with Crippen LogP contribution in [0.4, 0.5) is 0 Å². The zero-order chi connectivity index (χ0) is 25.9. The molecule has 0 N–H and O–H groups in total. The summed E-state index contributed by atoms with van der Waals surface area (Å²) in [7, 11) is 0. The second kappa shape index (κ2) is 10.3. The summed E-state index contributed by atoms with van der Waals surface area (Å²) >= 11 is 0. The average Bonchev–Trinajstić information content (AvgIpc) is 3.20. The van der Waals surface area contributed by atoms with Gasteiger partial charge in [-0.2, -0.15) is 0 Å². The Kier molecular flexibility index (Phi) is 6.81. The zero-order valence-corrected chi connectivity index (χ0v) is 21.0. The van der Waals surface area contributed by atoms with Crippen LogP contribution in [0.25, 0.3) is 16.7 Å². The molecule has 0 saturated carbocycles. The summed E-state index contributed by atoms with van der Waals surface area (Å²) in [5, 5.41) is 0. The van der Waals surface area contributed by atoms with Crippen molar-refractivity contribution >= 4 is 16.9 Å². The van der Waals surface area contributed by atoms with Crippen LogP contribution < -0.4 is 15.2 Å². The first-order valence-electron chi connectivity index (χ1n) is 12.5. The van der Waals surface area contributed by atoms with Crippen LogP contribution in [-0.2, 0) is 4.79 Å². The number of imidazole rings is 1. The van der Waals surface area contributed by atoms with Crippen molar-refractivity contribution in [3.63, 3.8) is 0 Å². The second-order valence-corrected chi connectivity index (χ2v) is 9.37. The molecular formula is C29H30N4O4. The molecule has 1 atom stereocenters. The number of nitrogens with zero attached hydrogens (tertiary/aromatic N) is 4. The summed E-state index contributed by atoms with van der Waals surface area (Å²) < 4.78 is 15.2. The van der Waals surface area contributed by atoms with Gasteiger partial charge in [0.25, 0.3) is 0 Å². The molecule has 1 fully saturated rings. The van der Waals surface area contributed by atoms with Gasteiger partial charge in [0.1, 0.15) is 17.2 Å². The van der Waals surface area contributed by atoms with Gasteiger partial charge < -0.3 is 14.4 Å². The highest BCUT2D eigenvalue weighted by Gasteiger charge is 2.27. The molecule has 4 aromatic rings. The molecule has 0 aliphatic carbocycles. The number of pyridine rings is 1. The van der Waals surface area contributed by atoms with E-state index in [0.717, 1.165) is 24.1 Å². The molecule has 3 heterocycles. The molecule has 8 nitrogen and oxygen atoms in total.